The molecular formula is C12H12N4O2. The second-order valence-corrected chi connectivity index (χ2v) is 4.75. The third-order valence-corrected chi connectivity index (χ3v) is 2.05. The lowest BCUT2D eigenvalue weighted by atomic mass is 10.2. The lowest BCUT2D eigenvalue weighted by molar-refractivity contribution is 0.00622. The molecule has 6 heteroatoms. The van der Waals surface area contributed by atoms with Gasteiger partial charge in [-0.1, -0.05) is 11.6 Å². The summed E-state index contributed by atoms with van der Waals surface area (Å²) in [6, 6.07) is 0. The maximum Gasteiger partial charge on any atom is 0.358 e. The lowest BCUT2D eigenvalue weighted by Crippen LogP contribution is -2.24. The van der Waals surface area contributed by atoms with Gasteiger partial charge in [0.1, 0.15) is 5.60 Å². The Labute approximate surface area is 104 Å². The first-order chi connectivity index (χ1) is 8.39. The average Bonchev–Trinajstić information content (AvgIpc) is 2.68. The van der Waals surface area contributed by atoms with Crippen molar-refractivity contribution in [2.75, 3.05) is 0 Å². The first kappa shape index (κ1) is 12.0. The molecule has 0 saturated heterocycles. The molecule has 0 atom stereocenters. The molecule has 0 amide bonds. The van der Waals surface area contributed by atoms with Crippen molar-refractivity contribution >= 4 is 17.4 Å². The molecule has 18 heavy (non-hydrogen) atoms. The molecule has 0 bridgehead atoms. The highest BCUT2D eigenvalue weighted by atomic mass is 16.6. The number of imidazole rings is 1. The molecule has 0 spiro atoms. The minimum absolute atomic E-state index is 0.186. The summed E-state index contributed by atoms with van der Waals surface area (Å²) in [5.74, 6) is -0.236. The van der Waals surface area contributed by atoms with Crippen LogP contribution in [0.25, 0.3) is 10.5 Å². The maximum absolute atomic E-state index is 11.8. The van der Waals surface area contributed by atoms with Gasteiger partial charge in [0.15, 0.2) is 5.69 Å². The van der Waals surface area contributed by atoms with E-state index in [1.54, 1.807) is 25.2 Å². The van der Waals surface area contributed by atoms with Crippen LogP contribution in [0.3, 0.4) is 0 Å². The molecule has 0 unspecified atom stereocenters. The smallest absolute Gasteiger partial charge is 0.358 e. The molecular weight excluding hydrogens is 232 g/mol. The molecule has 2 heterocycles. The number of esters is 1. The SMILES string of the molecule is [C-]#[N+]c1cn2cc(C(=O)OC(C)(C)C)ncc2n1. The zero-order valence-corrected chi connectivity index (χ0v) is 10.3. The topological polar surface area (TPSA) is 60.9 Å². The zero-order chi connectivity index (χ0) is 13.3. The third kappa shape index (κ3) is 2.46. The van der Waals surface area contributed by atoms with Crippen molar-refractivity contribution in [1.82, 2.24) is 14.4 Å². The molecule has 2 aromatic heterocycles. The standard InChI is InChI=1S/C12H12N4O2/c1-12(2,3)18-11(17)8-6-16-7-9(13-4)15-10(16)5-14-8/h5-7H,1-3H3. The van der Waals surface area contributed by atoms with E-state index < -0.39 is 11.6 Å². The summed E-state index contributed by atoms with van der Waals surface area (Å²) in [6.07, 6.45) is 4.48. The fraction of sp³-hybridized carbons (Fsp3) is 0.333. The quantitative estimate of drug-likeness (QED) is 0.570. The van der Waals surface area contributed by atoms with Crippen LogP contribution in [-0.2, 0) is 4.74 Å². The second-order valence-electron chi connectivity index (χ2n) is 4.75. The fourth-order valence-corrected chi connectivity index (χ4v) is 1.38. The van der Waals surface area contributed by atoms with E-state index in [0.717, 1.165) is 0 Å². The van der Waals surface area contributed by atoms with Gasteiger partial charge in [0.25, 0.3) is 5.82 Å². The Kier molecular flexibility index (Phi) is 2.75. The van der Waals surface area contributed by atoms with Gasteiger partial charge >= 0.3 is 5.97 Å². The van der Waals surface area contributed by atoms with Crippen molar-refractivity contribution in [3.8, 4) is 0 Å². The molecule has 0 aliphatic rings. The van der Waals surface area contributed by atoms with Crippen LogP contribution < -0.4 is 0 Å². The second kappa shape index (κ2) is 4.11. The Balaban J connectivity index is 2.35. The minimum Gasteiger partial charge on any atom is -0.455 e. The Hall–Kier alpha value is -2.42. The van der Waals surface area contributed by atoms with Crippen LogP contribution in [0.2, 0.25) is 0 Å². The van der Waals surface area contributed by atoms with Gasteiger partial charge in [-0.2, -0.15) is 0 Å². The van der Waals surface area contributed by atoms with Gasteiger partial charge in [-0.05, 0) is 20.8 Å². The Bertz CT molecular complexity index is 646. The van der Waals surface area contributed by atoms with E-state index in [1.165, 1.54) is 18.6 Å². The van der Waals surface area contributed by atoms with Crippen LogP contribution in [0.1, 0.15) is 31.3 Å². The minimum atomic E-state index is -0.565. The van der Waals surface area contributed by atoms with Gasteiger partial charge in [0, 0.05) is 12.4 Å². The number of hydrogen-bond acceptors (Lipinski definition) is 4. The molecule has 2 aromatic rings. The van der Waals surface area contributed by atoms with Crippen molar-refractivity contribution in [3.63, 3.8) is 0 Å². The fourth-order valence-electron chi connectivity index (χ4n) is 1.38. The van der Waals surface area contributed by atoms with E-state index in [1.807, 2.05) is 0 Å². The van der Waals surface area contributed by atoms with Gasteiger partial charge in [0.05, 0.1) is 6.20 Å². The number of rotatable bonds is 1. The summed E-state index contributed by atoms with van der Waals surface area (Å²) in [5.41, 5.74) is 0.143. The van der Waals surface area contributed by atoms with Crippen LogP contribution in [-0.4, -0.2) is 25.9 Å². The molecule has 0 aliphatic heterocycles. The Morgan fingerprint density at radius 3 is 2.78 bits per heavy atom. The molecule has 0 radical (unpaired) electrons. The monoisotopic (exact) mass is 244 g/mol. The normalized spacial score (nSPS) is 11.2. The van der Waals surface area contributed by atoms with Crippen LogP contribution in [0.15, 0.2) is 18.6 Å². The molecule has 2 rings (SSSR count). The van der Waals surface area contributed by atoms with E-state index in [9.17, 15) is 4.79 Å². The van der Waals surface area contributed by atoms with Crippen LogP contribution in [0, 0.1) is 6.57 Å². The summed E-state index contributed by atoms with van der Waals surface area (Å²) in [4.78, 5) is 23.0. The summed E-state index contributed by atoms with van der Waals surface area (Å²) >= 11 is 0. The molecule has 0 N–H and O–H groups in total. The molecule has 0 aliphatic carbocycles. The highest BCUT2D eigenvalue weighted by Gasteiger charge is 2.19. The van der Waals surface area contributed by atoms with E-state index in [-0.39, 0.29) is 11.5 Å². The van der Waals surface area contributed by atoms with Crippen LogP contribution in [0.5, 0.6) is 0 Å². The van der Waals surface area contributed by atoms with Crippen molar-refractivity contribution < 1.29 is 9.53 Å². The number of carbonyl (C=O) groups is 1. The molecule has 92 valence electrons. The average molecular weight is 244 g/mol. The predicted octanol–water partition coefficient (Wildman–Crippen LogP) is 2.24. The van der Waals surface area contributed by atoms with Crippen molar-refractivity contribution in [3.05, 3.63) is 35.7 Å². The first-order valence-corrected chi connectivity index (χ1v) is 5.34. The summed E-state index contributed by atoms with van der Waals surface area (Å²) < 4.78 is 6.79. The van der Waals surface area contributed by atoms with Crippen molar-refractivity contribution in [2.24, 2.45) is 0 Å². The van der Waals surface area contributed by atoms with Crippen LogP contribution >= 0.6 is 0 Å². The number of carbonyl (C=O) groups excluding carboxylic acids is 1. The van der Waals surface area contributed by atoms with E-state index in [2.05, 4.69) is 14.8 Å². The number of nitrogens with zero attached hydrogens (tertiary/aromatic N) is 4. The number of ether oxygens (including phenoxy) is 1. The molecule has 0 fully saturated rings. The summed E-state index contributed by atoms with van der Waals surface area (Å²) in [7, 11) is 0. The van der Waals surface area contributed by atoms with Crippen molar-refractivity contribution in [1.29, 1.82) is 0 Å². The number of fused-ring (bicyclic) bond motifs is 1. The van der Waals surface area contributed by atoms with Gasteiger partial charge < -0.3 is 9.58 Å². The van der Waals surface area contributed by atoms with E-state index in [4.69, 9.17) is 11.3 Å². The highest BCUT2D eigenvalue weighted by molar-refractivity contribution is 5.87. The van der Waals surface area contributed by atoms with Gasteiger partial charge in [-0.3, -0.25) is 4.40 Å². The first-order valence-electron chi connectivity index (χ1n) is 5.34. The number of aromatic nitrogens is 3. The molecule has 0 aromatic carbocycles. The van der Waals surface area contributed by atoms with Crippen LogP contribution in [0.4, 0.5) is 5.82 Å². The summed E-state index contributed by atoms with van der Waals surface area (Å²) in [6.45, 7) is 12.2. The molecule has 0 saturated carbocycles. The number of hydrogen-bond donors (Lipinski definition) is 0. The van der Waals surface area contributed by atoms with Gasteiger partial charge in [0.2, 0.25) is 5.65 Å². The predicted molar refractivity (Wildman–Crippen MR) is 64.4 cm³/mol. The van der Waals surface area contributed by atoms with Gasteiger partial charge in [-0.25, -0.2) is 9.78 Å². The largest absolute Gasteiger partial charge is 0.455 e. The maximum atomic E-state index is 11.8. The third-order valence-electron chi connectivity index (χ3n) is 2.05. The van der Waals surface area contributed by atoms with E-state index >= 15 is 0 Å². The summed E-state index contributed by atoms with van der Waals surface area (Å²) in [5, 5.41) is 0. The lowest BCUT2D eigenvalue weighted by Gasteiger charge is -2.18. The van der Waals surface area contributed by atoms with Gasteiger partial charge in [-0.15, -0.1) is 0 Å². The highest BCUT2D eigenvalue weighted by Crippen LogP contribution is 2.14. The molecule has 6 nitrogen and oxygen atoms in total. The Morgan fingerprint density at radius 2 is 2.17 bits per heavy atom. The zero-order valence-electron chi connectivity index (χ0n) is 10.3. The Morgan fingerprint density at radius 1 is 1.44 bits per heavy atom. The van der Waals surface area contributed by atoms with Crippen molar-refractivity contribution in [2.45, 2.75) is 26.4 Å². The van der Waals surface area contributed by atoms with E-state index in [0.29, 0.717) is 5.65 Å².